The van der Waals surface area contributed by atoms with Crippen LogP contribution in [0.15, 0.2) is 36.5 Å². The van der Waals surface area contributed by atoms with Crippen LogP contribution in [-0.4, -0.2) is 29.8 Å². The van der Waals surface area contributed by atoms with Gasteiger partial charge in [-0.25, -0.2) is 4.68 Å². The molecule has 0 bridgehead atoms. The molecule has 7 heteroatoms. The molecule has 0 aliphatic carbocycles. The molecule has 3 aromatic rings. The van der Waals surface area contributed by atoms with Gasteiger partial charge in [0.05, 0.1) is 11.9 Å². The lowest BCUT2D eigenvalue weighted by Gasteiger charge is -2.08. The van der Waals surface area contributed by atoms with Crippen molar-refractivity contribution in [3.8, 4) is 5.69 Å². The molecular formula is C13H15N7. The third kappa shape index (κ3) is 2.30. The van der Waals surface area contributed by atoms with Crippen molar-refractivity contribution < 1.29 is 0 Å². The molecular weight excluding hydrogens is 254 g/mol. The smallest absolute Gasteiger partial charge is 0.159 e. The molecule has 2 N–H and O–H groups in total. The van der Waals surface area contributed by atoms with Crippen LogP contribution in [0.5, 0.6) is 0 Å². The molecule has 0 fully saturated rings. The maximum Gasteiger partial charge on any atom is 0.159 e. The van der Waals surface area contributed by atoms with Gasteiger partial charge < -0.3 is 5.73 Å². The summed E-state index contributed by atoms with van der Waals surface area (Å²) in [5.74, 6) is 1.65. The number of nitrogens with two attached hydrogens (primary N) is 1. The first-order valence-electron chi connectivity index (χ1n) is 6.33. The van der Waals surface area contributed by atoms with Crippen molar-refractivity contribution in [1.29, 1.82) is 0 Å². The summed E-state index contributed by atoms with van der Waals surface area (Å²) in [7, 11) is 0. The molecule has 102 valence electrons. The van der Waals surface area contributed by atoms with Gasteiger partial charge in [-0.05, 0) is 19.1 Å². The van der Waals surface area contributed by atoms with Crippen LogP contribution in [0.25, 0.3) is 5.69 Å². The number of nitrogens with zero attached hydrogens (tertiary/aromatic N) is 6. The fourth-order valence-corrected chi connectivity index (χ4v) is 2.08. The number of hydrogen-bond acceptors (Lipinski definition) is 5. The average Bonchev–Trinajstić information content (AvgIpc) is 3.07. The van der Waals surface area contributed by atoms with Crippen LogP contribution in [0.4, 0.5) is 0 Å². The van der Waals surface area contributed by atoms with Crippen LogP contribution < -0.4 is 5.73 Å². The maximum absolute atomic E-state index is 5.53. The van der Waals surface area contributed by atoms with E-state index in [0.29, 0.717) is 13.1 Å². The maximum atomic E-state index is 5.53. The quantitative estimate of drug-likeness (QED) is 0.752. The molecule has 0 unspecified atom stereocenters. The Kier molecular flexibility index (Phi) is 3.26. The molecule has 7 nitrogen and oxygen atoms in total. The number of para-hydroxylation sites is 1. The second-order valence-corrected chi connectivity index (χ2v) is 4.45. The summed E-state index contributed by atoms with van der Waals surface area (Å²) >= 11 is 0. The van der Waals surface area contributed by atoms with E-state index in [2.05, 4.69) is 20.5 Å². The average molecular weight is 269 g/mol. The van der Waals surface area contributed by atoms with E-state index in [1.165, 1.54) is 0 Å². The number of aromatic nitrogens is 6. The molecule has 3 rings (SSSR count). The molecule has 0 amide bonds. The highest BCUT2D eigenvalue weighted by atomic mass is 15.4. The fourth-order valence-electron chi connectivity index (χ4n) is 2.08. The predicted octanol–water partition coefficient (Wildman–Crippen LogP) is 0.674. The van der Waals surface area contributed by atoms with E-state index in [9.17, 15) is 0 Å². The SMILES string of the molecule is Cc1nnc(Cn2cc(CN)nn2)n1-c1ccccc1. The number of rotatable bonds is 4. The summed E-state index contributed by atoms with van der Waals surface area (Å²) < 4.78 is 3.72. The second kappa shape index (κ2) is 5.22. The van der Waals surface area contributed by atoms with Crippen molar-refractivity contribution in [2.75, 3.05) is 0 Å². The molecule has 0 atom stereocenters. The molecule has 20 heavy (non-hydrogen) atoms. The van der Waals surface area contributed by atoms with Gasteiger partial charge in [-0.15, -0.1) is 15.3 Å². The lowest BCUT2D eigenvalue weighted by atomic mass is 10.3. The molecule has 0 aliphatic rings. The molecule has 0 aliphatic heterocycles. The van der Waals surface area contributed by atoms with Crippen LogP contribution in [0.1, 0.15) is 17.3 Å². The largest absolute Gasteiger partial charge is 0.325 e. The van der Waals surface area contributed by atoms with E-state index in [4.69, 9.17) is 5.73 Å². The lowest BCUT2D eigenvalue weighted by Crippen LogP contribution is -2.09. The van der Waals surface area contributed by atoms with Crippen molar-refractivity contribution in [1.82, 2.24) is 29.8 Å². The molecule has 0 saturated heterocycles. The number of benzene rings is 1. The normalized spacial score (nSPS) is 10.9. The Labute approximate surface area is 116 Å². The third-order valence-electron chi connectivity index (χ3n) is 3.00. The minimum absolute atomic E-state index is 0.379. The summed E-state index contributed by atoms with van der Waals surface area (Å²) in [6.07, 6.45) is 1.82. The molecule has 0 radical (unpaired) electrons. The van der Waals surface area contributed by atoms with Crippen molar-refractivity contribution in [2.24, 2.45) is 5.73 Å². The van der Waals surface area contributed by atoms with Crippen LogP contribution in [0, 0.1) is 6.92 Å². The Bertz CT molecular complexity index is 699. The lowest BCUT2D eigenvalue weighted by molar-refractivity contribution is 0.615. The van der Waals surface area contributed by atoms with Gasteiger partial charge >= 0.3 is 0 Å². The zero-order valence-corrected chi connectivity index (χ0v) is 11.1. The summed E-state index contributed by atoms with van der Waals surface area (Å²) in [6, 6.07) is 9.99. The summed E-state index contributed by atoms with van der Waals surface area (Å²) in [5, 5.41) is 16.4. The fraction of sp³-hybridized carbons (Fsp3) is 0.231. The van der Waals surface area contributed by atoms with Gasteiger partial charge in [0, 0.05) is 12.2 Å². The first-order chi connectivity index (χ1) is 9.78. The first-order valence-corrected chi connectivity index (χ1v) is 6.33. The van der Waals surface area contributed by atoms with Gasteiger partial charge in [-0.2, -0.15) is 0 Å². The van der Waals surface area contributed by atoms with E-state index in [-0.39, 0.29) is 0 Å². The van der Waals surface area contributed by atoms with Gasteiger partial charge in [-0.1, -0.05) is 23.4 Å². The first kappa shape index (κ1) is 12.5. The van der Waals surface area contributed by atoms with Crippen LogP contribution in [-0.2, 0) is 13.1 Å². The Morgan fingerprint density at radius 1 is 1.10 bits per heavy atom. The van der Waals surface area contributed by atoms with Crippen LogP contribution in [0.2, 0.25) is 0 Å². The van der Waals surface area contributed by atoms with Crippen molar-refractivity contribution in [2.45, 2.75) is 20.0 Å². The summed E-state index contributed by atoms with van der Waals surface area (Å²) in [4.78, 5) is 0. The Morgan fingerprint density at radius 2 is 1.90 bits per heavy atom. The monoisotopic (exact) mass is 269 g/mol. The van der Waals surface area contributed by atoms with Crippen LogP contribution in [0.3, 0.4) is 0 Å². The third-order valence-corrected chi connectivity index (χ3v) is 3.00. The standard InChI is InChI=1S/C13H15N7/c1-10-15-17-13(9-19-8-11(7-14)16-18-19)20(10)12-5-3-2-4-6-12/h2-6,8H,7,9,14H2,1H3. The van der Waals surface area contributed by atoms with Gasteiger partial charge in [0.2, 0.25) is 0 Å². The zero-order valence-electron chi connectivity index (χ0n) is 11.1. The van der Waals surface area contributed by atoms with Gasteiger partial charge in [-0.3, -0.25) is 4.57 Å². The van der Waals surface area contributed by atoms with Gasteiger partial charge in [0.15, 0.2) is 5.82 Å². The Morgan fingerprint density at radius 3 is 2.60 bits per heavy atom. The predicted molar refractivity (Wildman–Crippen MR) is 73.1 cm³/mol. The van der Waals surface area contributed by atoms with E-state index in [1.807, 2.05) is 48.0 Å². The highest BCUT2D eigenvalue weighted by Gasteiger charge is 2.11. The highest BCUT2D eigenvalue weighted by Crippen LogP contribution is 2.13. The Hall–Kier alpha value is -2.54. The van der Waals surface area contributed by atoms with Crippen molar-refractivity contribution >= 4 is 0 Å². The highest BCUT2D eigenvalue weighted by molar-refractivity contribution is 5.33. The van der Waals surface area contributed by atoms with E-state index < -0.39 is 0 Å². The zero-order chi connectivity index (χ0) is 13.9. The summed E-state index contributed by atoms with van der Waals surface area (Å²) in [5.41, 5.74) is 7.32. The van der Waals surface area contributed by atoms with E-state index in [1.54, 1.807) is 4.68 Å². The van der Waals surface area contributed by atoms with Crippen molar-refractivity contribution in [3.63, 3.8) is 0 Å². The van der Waals surface area contributed by atoms with E-state index >= 15 is 0 Å². The van der Waals surface area contributed by atoms with Crippen LogP contribution >= 0.6 is 0 Å². The minimum Gasteiger partial charge on any atom is -0.325 e. The van der Waals surface area contributed by atoms with E-state index in [0.717, 1.165) is 23.0 Å². The minimum atomic E-state index is 0.379. The van der Waals surface area contributed by atoms with Gasteiger partial charge in [0.25, 0.3) is 0 Å². The number of hydrogen-bond donors (Lipinski definition) is 1. The summed E-state index contributed by atoms with van der Waals surface area (Å²) in [6.45, 7) is 2.81. The van der Waals surface area contributed by atoms with Gasteiger partial charge in [0.1, 0.15) is 12.4 Å². The molecule has 1 aromatic carbocycles. The molecule has 2 heterocycles. The second-order valence-electron chi connectivity index (χ2n) is 4.45. The molecule has 0 spiro atoms. The van der Waals surface area contributed by atoms with Crippen molar-refractivity contribution in [3.05, 3.63) is 53.9 Å². The Balaban J connectivity index is 1.95. The number of aryl methyl sites for hydroxylation is 1. The molecule has 0 saturated carbocycles. The topological polar surface area (TPSA) is 87.4 Å². The molecule has 2 aromatic heterocycles.